The third-order valence-corrected chi connectivity index (χ3v) is 6.40. The SMILES string of the molecule is CC(C)(C)c1[nH]n2nc(-c3ccc(NS(C)(=O)=O)cc3)nc2c1N=Nc1ccc(S(=O)(=O)O)cc1F. The highest BCUT2D eigenvalue weighted by Gasteiger charge is 2.26. The molecule has 0 saturated heterocycles. The molecule has 190 valence electrons. The van der Waals surface area contributed by atoms with Crippen molar-refractivity contribution in [3.8, 4) is 11.4 Å². The average Bonchev–Trinajstić information content (AvgIpc) is 3.30. The second-order valence-corrected chi connectivity index (χ2v) is 12.2. The summed E-state index contributed by atoms with van der Waals surface area (Å²) in [6.07, 6.45) is 1.05. The van der Waals surface area contributed by atoms with Crippen molar-refractivity contribution in [2.75, 3.05) is 11.0 Å². The molecule has 15 heteroatoms. The Morgan fingerprint density at radius 3 is 2.28 bits per heavy atom. The molecule has 4 aromatic rings. The van der Waals surface area contributed by atoms with Gasteiger partial charge >= 0.3 is 0 Å². The van der Waals surface area contributed by atoms with E-state index in [4.69, 9.17) is 4.55 Å². The van der Waals surface area contributed by atoms with Crippen LogP contribution < -0.4 is 4.72 Å². The quantitative estimate of drug-likeness (QED) is 0.245. The van der Waals surface area contributed by atoms with Crippen molar-refractivity contribution in [3.05, 3.63) is 54.0 Å². The molecule has 0 aliphatic heterocycles. The van der Waals surface area contributed by atoms with Crippen LogP contribution >= 0.6 is 0 Å². The highest BCUT2D eigenvalue weighted by atomic mass is 32.2. The van der Waals surface area contributed by atoms with Crippen molar-refractivity contribution in [2.45, 2.75) is 31.1 Å². The molecule has 0 aliphatic carbocycles. The van der Waals surface area contributed by atoms with Crippen LogP contribution in [0.3, 0.4) is 0 Å². The Bertz CT molecular complexity index is 1700. The predicted molar refractivity (Wildman–Crippen MR) is 130 cm³/mol. The van der Waals surface area contributed by atoms with Crippen LogP contribution in [0.15, 0.2) is 57.6 Å². The van der Waals surface area contributed by atoms with Gasteiger partial charge in [0.2, 0.25) is 15.7 Å². The Labute approximate surface area is 206 Å². The van der Waals surface area contributed by atoms with E-state index in [1.807, 2.05) is 20.8 Å². The molecule has 0 radical (unpaired) electrons. The first-order valence-electron chi connectivity index (χ1n) is 10.4. The molecule has 2 aromatic heterocycles. The minimum atomic E-state index is -4.56. The monoisotopic (exact) mass is 535 g/mol. The van der Waals surface area contributed by atoms with Crippen LogP contribution in [0.2, 0.25) is 0 Å². The number of sulfonamides is 1. The third kappa shape index (κ3) is 5.42. The Kier molecular flexibility index (Phi) is 6.18. The maximum atomic E-state index is 14.4. The number of H-pyrrole nitrogens is 1. The van der Waals surface area contributed by atoms with E-state index in [1.54, 1.807) is 24.3 Å². The largest absolute Gasteiger partial charge is 0.294 e. The fourth-order valence-electron chi connectivity index (χ4n) is 3.29. The van der Waals surface area contributed by atoms with Crippen LogP contribution in [0, 0.1) is 5.82 Å². The fraction of sp³-hybridized carbons (Fsp3) is 0.238. The Hall–Kier alpha value is -3.69. The van der Waals surface area contributed by atoms with E-state index in [-0.39, 0.29) is 5.69 Å². The van der Waals surface area contributed by atoms with Crippen molar-refractivity contribution in [1.82, 2.24) is 19.8 Å². The summed E-state index contributed by atoms with van der Waals surface area (Å²) in [4.78, 5) is 3.93. The summed E-state index contributed by atoms with van der Waals surface area (Å²) in [5.41, 5.74) is 1.55. The summed E-state index contributed by atoms with van der Waals surface area (Å²) in [7, 11) is -7.98. The standard InChI is InChI=1S/C21H22FN7O5S2/c1-21(2,3)18-17(25-24-16-10-9-14(11-15(16)22)36(32,33)34)20-23-19(27-29(20)26-18)12-5-7-13(8-6-12)28-35(4,30)31/h5-11,26,28H,1-4H3,(H,32,33,34). The van der Waals surface area contributed by atoms with Crippen LogP contribution in [0.5, 0.6) is 0 Å². The van der Waals surface area contributed by atoms with Crippen molar-refractivity contribution in [2.24, 2.45) is 10.2 Å². The van der Waals surface area contributed by atoms with Gasteiger partial charge in [-0.1, -0.05) is 20.8 Å². The molecule has 0 bridgehead atoms. The van der Waals surface area contributed by atoms with Crippen molar-refractivity contribution < 1.29 is 25.8 Å². The molecule has 0 saturated carbocycles. The number of rotatable bonds is 6. The van der Waals surface area contributed by atoms with Gasteiger partial charge < -0.3 is 0 Å². The normalized spacial score (nSPS) is 13.1. The Morgan fingerprint density at radius 2 is 1.72 bits per heavy atom. The molecular weight excluding hydrogens is 513 g/mol. The number of aromatic amines is 1. The molecule has 2 heterocycles. The summed E-state index contributed by atoms with van der Waals surface area (Å²) in [5, 5.41) is 15.7. The smallest absolute Gasteiger partial charge is 0.284 e. The fourth-order valence-corrected chi connectivity index (χ4v) is 4.35. The van der Waals surface area contributed by atoms with Crippen LogP contribution in [-0.2, 0) is 25.6 Å². The van der Waals surface area contributed by atoms with Gasteiger partial charge in [0.25, 0.3) is 10.1 Å². The van der Waals surface area contributed by atoms with Gasteiger partial charge in [0, 0.05) is 16.7 Å². The second-order valence-electron chi connectivity index (χ2n) is 9.00. The molecule has 0 unspecified atom stereocenters. The van der Waals surface area contributed by atoms with E-state index < -0.39 is 36.3 Å². The number of azo groups is 1. The van der Waals surface area contributed by atoms with Gasteiger partial charge in [0.15, 0.2) is 17.3 Å². The molecule has 0 aliphatic rings. The lowest BCUT2D eigenvalue weighted by Crippen LogP contribution is -2.12. The minimum absolute atomic E-state index is 0.240. The first-order chi connectivity index (χ1) is 16.6. The van der Waals surface area contributed by atoms with Gasteiger partial charge in [-0.25, -0.2) is 17.8 Å². The number of hydrogen-bond donors (Lipinski definition) is 3. The maximum Gasteiger partial charge on any atom is 0.294 e. The summed E-state index contributed by atoms with van der Waals surface area (Å²) in [6.45, 7) is 5.77. The number of fused-ring (bicyclic) bond motifs is 1. The number of halogens is 1. The van der Waals surface area contributed by atoms with Gasteiger partial charge in [-0.3, -0.25) is 14.4 Å². The maximum absolute atomic E-state index is 14.4. The molecule has 0 atom stereocenters. The lowest BCUT2D eigenvalue weighted by Gasteiger charge is -2.16. The van der Waals surface area contributed by atoms with Crippen LogP contribution in [0.4, 0.5) is 21.5 Å². The molecule has 12 nitrogen and oxygen atoms in total. The summed E-state index contributed by atoms with van der Waals surface area (Å²) in [6, 6.07) is 9.21. The van der Waals surface area contributed by atoms with E-state index in [0.717, 1.165) is 18.4 Å². The molecule has 0 amide bonds. The second kappa shape index (κ2) is 8.76. The summed E-state index contributed by atoms with van der Waals surface area (Å²) in [5.74, 6) is -0.657. The van der Waals surface area contributed by atoms with E-state index in [0.29, 0.717) is 40.2 Å². The van der Waals surface area contributed by atoms with E-state index in [2.05, 4.69) is 30.1 Å². The van der Waals surface area contributed by atoms with Crippen LogP contribution in [-0.4, -0.2) is 47.5 Å². The Balaban J connectivity index is 1.74. The zero-order valence-corrected chi connectivity index (χ0v) is 21.2. The highest BCUT2D eigenvalue weighted by Crippen LogP contribution is 2.36. The van der Waals surface area contributed by atoms with Crippen molar-refractivity contribution in [3.63, 3.8) is 0 Å². The lowest BCUT2D eigenvalue weighted by atomic mass is 9.91. The van der Waals surface area contributed by atoms with Crippen molar-refractivity contribution in [1.29, 1.82) is 0 Å². The van der Waals surface area contributed by atoms with Gasteiger partial charge in [0.1, 0.15) is 5.69 Å². The van der Waals surface area contributed by atoms with Crippen LogP contribution in [0.1, 0.15) is 26.5 Å². The molecule has 0 fully saturated rings. The molecule has 4 rings (SSSR count). The average molecular weight is 536 g/mol. The number of hydrogen-bond acceptors (Lipinski definition) is 8. The first kappa shape index (κ1) is 25.4. The first-order valence-corrected chi connectivity index (χ1v) is 13.7. The summed E-state index contributed by atoms with van der Waals surface area (Å²) < 4.78 is 72.5. The molecule has 2 aromatic carbocycles. The topological polar surface area (TPSA) is 171 Å². The predicted octanol–water partition coefficient (Wildman–Crippen LogP) is 4.19. The minimum Gasteiger partial charge on any atom is -0.284 e. The Morgan fingerprint density at radius 1 is 1.06 bits per heavy atom. The van der Waals surface area contributed by atoms with Gasteiger partial charge in [0.05, 0.1) is 16.8 Å². The van der Waals surface area contributed by atoms with E-state index in [9.17, 15) is 21.2 Å². The number of benzene rings is 2. The highest BCUT2D eigenvalue weighted by molar-refractivity contribution is 7.92. The number of anilines is 1. The van der Waals surface area contributed by atoms with E-state index in [1.165, 1.54) is 4.63 Å². The summed E-state index contributed by atoms with van der Waals surface area (Å²) >= 11 is 0. The van der Waals surface area contributed by atoms with Crippen LogP contribution in [0.25, 0.3) is 17.0 Å². The van der Waals surface area contributed by atoms with Gasteiger partial charge in [-0.05, 0) is 42.5 Å². The van der Waals surface area contributed by atoms with Gasteiger partial charge in [-0.15, -0.1) is 15.3 Å². The van der Waals surface area contributed by atoms with Gasteiger partial charge in [-0.2, -0.15) is 13.0 Å². The third-order valence-electron chi connectivity index (χ3n) is 4.94. The lowest BCUT2D eigenvalue weighted by molar-refractivity contribution is 0.482. The zero-order chi connectivity index (χ0) is 26.5. The zero-order valence-electron chi connectivity index (χ0n) is 19.6. The molecular formula is C21H22FN7O5S2. The molecule has 3 N–H and O–H groups in total. The number of aromatic nitrogens is 4. The number of nitrogens with one attached hydrogen (secondary N) is 2. The molecule has 36 heavy (non-hydrogen) atoms. The number of nitrogens with zero attached hydrogens (tertiary/aromatic N) is 5. The van der Waals surface area contributed by atoms with Crippen molar-refractivity contribution >= 4 is 42.9 Å². The van der Waals surface area contributed by atoms with E-state index >= 15 is 0 Å². The molecule has 0 spiro atoms.